The van der Waals surface area contributed by atoms with Gasteiger partial charge in [0.05, 0.1) is 6.61 Å². The van der Waals surface area contributed by atoms with Gasteiger partial charge in [0.2, 0.25) is 0 Å². The van der Waals surface area contributed by atoms with Crippen LogP contribution in [0.1, 0.15) is 12.5 Å². The van der Waals surface area contributed by atoms with Crippen LogP contribution in [0.4, 0.5) is 4.39 Å². The molecule has 17 heavy (non-hydrogen) atoms. The van der Waals surface area contributed by atoms with E-state index in [9.17, 15) is 9.18 Å². The lowest BCUT2D eigenvalue weighted by Gasteiger charge is -2.19. The molecule has 4 nitrogen and oxygen atoms in total. The summed E-state index contributed by atoms with van der Waals surface area (Å²) in [5.41, 5.74) is 0.323. The van der Waals surface area contributed by atoms with E-state index in [2.05, 4.69) is 0 Å². The zero-order valence-electron chi connectivity index (χ0n) is 10.1. The van der Waals surface area contributed by atoms with Crippen molar-refractivity contribution in [2.45, 2.75) is 19.6 Å². The second-order valence-electron chi connectivity index (χ2n) is 3.90. The molecule has 1 atom stereocenters. The highest BCUT2D eigenvalue weighted by Gasteiger charge is 2.17. The molecule has 0 aliphatic heterocycles. The molecule has 1 aromatic rings. The van der Waals surface area contributed by atoms with E-state index in [0.717, 1.165) is 0 Å². The summed E-state index contributed by atoms with van der Waals surface area (Å²) < 4.78 is 18.3. The van der Waals surface area contributed by atoms with Crippen molar-refractivity contribution >= 4 is 5.91 Å². The van der Waals surface area contributed by atoms with Crippen LogP contribution in [0, 0.1) is 5.82 Å². The van der Waals surface area contributed by atoms with Gasteiger partial charge in [0.15, 0.2) is 6.10 Å². The molecule has 0 saturated carbocycles. The average Bonchev–Trinajstić information content (AvgIpc) is 2.30. The van der Waals surface area contributed by atoms with Gasteiger partial charge in [0.1, 0.15) is 11.6 Å². The molecule has 0 radical (unpaired) electrons. The lowest BCUT2D eigenvalue weighted by atomic mass is 10.2. The Hall–Kier alpha value is -1.62. The monoisotopic (exact) mass is 241 g/mol. The zero-order valence-corrected chi connectivity index (χ0v) is 10.1. The minimum atomic E-state index is -0.680. The van der Waals surface area contributed by atoms with Crippen molar-refractivity contribution in [3.05, 3.63) is 29.6 Å². The summed E-state index contributed by atoms with van der Waals surface area (Å²) in [7, 11) is 3.25. The van der Waals surface area contributed by atoms with Gasteiger partial charge in [-0.2, -0.15) is 0 Å². The van der Waals surface area contributed by atoms with Gasteiger partial charge >= 0.3 is 0 Å². The first-order valence-corrected chi connectivity index (χ1v) is 5.22. The Labute approximate surface area is 99.6 Å². The molecule has 1 amide bonds. The van der Waals surface area contributed by atoms with Crippen molar-refractivity contribution in [3.8, 4) is 5.75 Å². The number of benzene rings is 1. The summed E-state index contributed by atoms with van der Waals surface area (Å²) in [5.74, 6) is -0.331. The van der Waals surface area contributed by atoms with Crippen LogP contribution in [0.15, 0.2) is 18.2 Å². The predicted molar refractivity (Wildman–Crippen MR) is 61.1 cm³/mol. The van der Waals surface area contributed by atoms with E-state index in [4.69, 9.17) is 9.84 Å². The average molecular weight is 241 g/mol. The maximum atomic E-state index is 12.9. The highest BCUT2D eigenvalue weighted by molar-refractivity contribution is 5.80. The van der Waals surface area contributed by atoms with E-state index in [-0.39, 0.29) is 12.5 Å². The standard InChI is InChI=1S/C12H16FNO3/c1-8(12(16)14(2)3)17-11-5-4-10(13)6-9(11)7-15/h4-6,8,15H,7H2,1-3H3. The number of likely N-dealkylation sites (N-methyl/N-ethyl adjacent to an activating group) is 1. The molecule has 0 bridgehead atoms. The van der Waals surface area contributed by atoms with Gasteiger partial charge in [0.25, 0.3) is 5.91 Å². The number of rotatable bonds is 4. The lowest BCUT2D eigenvalue weighted by Crippen LogP contribution is -2.35. The number of carbonyl (C=O) groups is 1. The number of ether oxygens (including phenoxy) is 1. The number of nitrogens with zero attached hydrogens (tertiary/aromatic N) is 1. The molecule has 5 heteroatoms. The van der Waals surface area contributed by atoms with Crippen molar-refractivity contribution in [3.63, 3.8) is 0 Å². The number of aliphatic hydroxyl groups is 1. The van der Waals surface area contributed by atoms with Crippen LogP contribution >= 0.6 is 0 Å². The zero-order chi connectivity index (χ0) is 13.0. The molecule has 1 N–H and O–H groups in total. The topological polar surface area (TPSA) is 49.8 Å². The minimum Gasteiger partial charge on any atom is -0.481 e. The first-order valence-electron chi connectivity index (χ1n) is 5.22. The van der Waals surface area contributed by atoms with Gasteiger partial charge < -0.3 is 14.7 Å². The summed E-state index contributed by atoms with van der Waals surface area (Å²) in [4.78, 5) is 13.0. The fourth-order valence-electron chi connectivity index (χ4n) is 1.39. The summed E-state index contributed by atoms with van der Waals surface area (Å²) in [6.07, 6.45) is -0.680. The summed E-state index contributed by atoms with van der Waals surface area (Å²) in [6, 6.07) is 3.81. The highest BCUT2D eigenvalue weighted by Crippen LogP contribution is 2.21. The molecule has 0 spiro atoms. The van der Waals surface area contributed by atoms with Crippen molar-refractivity contribution in [2.75, 3.05) is 14.1 Å². The number of hydrogen-bond donors (Lipinski definition) is 1. The first kappa shape index (κ1) is 13.4. The Kier molecular flexibility index (Phi) is 4.45. The number of halogens is 1. The summed E-state index contributed by atoms with van der Waals surface area (Å²) in [6.45, 7) is 1.27. The molecule has 1 unspecified atom stereocenters. The van der Waals surface area contributed by atoms with E-state index in [1.165, 1.54) is 23.1 Å². The Balaban J connectivity index is 2.84. The van der Waals surface area contributed by atoms with Crippen LogP contribution in [0.3, 0.4) is 0 Å². The lowest BCUT2D eigenvalue weighted by molar-refractivity contribution is -0.135. The Morgan fingerprint density at radius 2 is 2.18 bits per heavy atom. The maximum absolute atomic E-state index is 12.9. The van der Waals surface area contributed by atoms with E-state index in [1.54, 1.807) is 21.0 Å². The van der Waals surface area contributed by atoms with Gasteiger partial charge in [-0.3, -0.25) is 4.79 Å². The predicted octanol–water partition coefficient (Wildman–Crippen LogP) is 1.17. The van der Waals surface area contributed by atoms with Crippen molar-refractivity contribution in [2.24, 2.45) is 0 Å². The Bertz CT molecular complexity index is 407. The second-order valence-corrected chi connectivity index (χ2v) is 3.90. The molecule has 0 fully saturated rings. The normalized spacial score (nSPS) is 12.1. The van der Waals surface area contributed by atoms with E-state index >= 15 is 0 Å². The third-order valence-electron chi connectivity index (χ3n) is 2.29. The molecule has 94 valence electrons. The Morgan fingerprint density at radius 3 is 2.71 bits per heavy atom. The van der Waals surface area contributed by atoms with E-state index in [1.807, 2.05) is 0 Å². The SMILES string of the molecule is CC(Oc1ccc(F)cc1CO)C(=O)N(C)C. The molecule has 0 aliphatic rings. The van der Waals surface area contributed by atoms with Gasteiger partial charge in [-0.1, -0.05) is 0 Å². The third kappa shape index (κ3) is 3.42. The van der Waals surface area contributed by atoms with Crippen LogP contribution < -0.4 is 4.74 Å². The first-order chi connectivity index (χ1) is 7.95. The van der Waals surface area contributed by atoms with Crippen LogP contribution in [0.5, 0.6) is 5.75 Å². The molecule has 0 saturated heterocycles. The van der Waals surface area contributed by atoms with Crippen molar-refractivity contribution in [1.82, 2.24) is 4.90 Å². The van der Waals surface area contributed by atoms with Crippen LogP contribution in [0.25, 0.3) is 0 Å². The van der Waals surface area contributed by atoms with Crippen LogP contribution in [-0.4, -0.2) is 36.1 Å². The fourth-order valence-corrected chi connectivity index (χ4v) is 1.39. The molecule has 1 aromatic carbocycles. The van der Waals surface area contributed by atoms with Crippen molar-refractivity contribution < 1.29 is 19.0 Å². The molecule has 0 heterocycles. The third-order valence-corrected chi connectivity index (χ3v) is 2.29. The number of carbonyl (C=O) groups excluding carboxylic acids is 1. The minimum absolute atomic E-state index is 0.196. The highest BCUT2D eigenvalue weighted by atomic mass is 19.1. The maximum Gasteiger partial charge on any atom is 0.262 e. The van der Waals surface area contributed by atoms with Gasteiger partial charge in [-0.25, -0.2) is 4.39 Å². The van der Waals surface area contributed by atoms with Gasteiger partial charge in [-0.05, 0) is 25.1 Å². The Morgan fingerprint density at radius 1 is 1.53 bits per heavy atom. The van der Waals surface area contributed by atoms with Crippen molar-refractivity contribution in [1.29, 1.82) is 0 Å². The molecule has 1 rings (SSSR count). The molecular weight excluding hydrogens is 225 g/mol. The number of aliphatic hydroxyl groups excluding tert-OH is 1. The number of amides is 1. The smallest absolute Gasteiger partial charge is 0.262 e. The van der Waals surface area contributed by atoms with Crippen LogP contribution in [0.2, 0.25) is 0 Å². The van der Waals surface area contributed by atoms with E-state index in [0.29, 0.717) is 11.3 Å². The van der Waals surface area contributed by atoms with Gasteiger partial charge in [0, 0.05) is 19.7 Å². The summed E-state index contributed by atoms with van der Waals surface area (Å²) in [5, 5.41) is 9.06. The van der Waals surface area contributed by atoms with Gasteiger partial charge in [-0.15, -0.1) is 0 Å². The molecule has 0 aliphatic carbocycles. The largest absolute Gasteiger partial charge is 0.481 e. The summed E-state index contributed by atoms with van der Waals surface area (Å²) >= 11 is 0. The number of hydrogen-bond acceptors (Lipinski definition) is 3. The second kappa shape index (κ2) is 5.63. The molecule has 0 aromatic heterocycles. The van der Waals surface area contributed by atoms with E-state index < -0.39 is 11.9 Å². The van der Waals surface area contributed by atoms with Crippen LogP contribution in [-0.2, 0) is 11.4 Å². The quantitative estimate of drug-likeness (QED) is 0.861. The molecular formula is C12H16FNO3. The fraction of sp³-hybridized carbons (Fsp3) is 0.417.